The zero-order valence-corrected chi connectivity index (χ0v) is 41.2. The lowest BCUT2D eigenvalue weighted by molar-refractivity contribution is -0.163. The van der Waals surface area contributed by atoms with E-state index in [1.165, 1.54) is 32.1 Å². The number of carbonyl (C=O) groups is 2. The zero-order chi connectivity index (χ0) is 46.3. The summed E-state index contributed by atoms with van der Waals surface area (Å²) in [6.45, 7) is 7.34. The lowest BCUT2D eigenvalue weighted by Crippen LogP contribution is -2.30. The number of allylic oxidation sites excluding steroid dienone is 22. The largest absolute Gasteiger partial charge is 0.462 e. The molecule has 0 heterocycles. The molecule has 0 aromatic rings. The van der Waals surface area contributed by atoms with Crippen LogP contribution in [0.5, 0.6) is 0 Å². The molecule has 0 aliphatic rings. The number of ether oxygens (including phenoxy) is 3. The first kappa shape index (κ1) is 60.0. The molecule has 0 aromatic heterocycles. The molecule has 0 saturated carbocycles. The van der Waals surface area contributed by atoms with Crippen molar-refractivity contribution in [1.29, 1.82) is 0 Å². The van der Waals surface area contributed by atoms with Crippen LogP contribution in [0.3, 0.4) is 0 Å². The van der Waals surface area contributed by atoms with Crippen molar-refractivity contribution in [3.05, 3.63) is 134 Å². The lowest BCUT2D eigenvalue weighted by atomic mass is 10.1. The van der Waals surface area contributed by atoms with E-state index in [4.69, 9.17) is 14.2 Å². The molecule has 360 valence electrons. The Morgan fingerprint density at radius 3 is 1.12 bits per heavy atom. The molecule has 1 atom stereocenters. The quantitative estimate of drug-likeness (QED) is 0.0346. The van der Waals surface area contributed by atoms with Gasteiger partial charge < -0.3 is 14.2 Å². The molecule has 0 N–H and O–H groups in total. The highest BCUT2D eigenvalue weighted by Crippen LogP contribution is 2.12. The minimum atomic E-state index is -0.590. The van der Waals surface area contributed by atoms with E-state index in [0.29, 0.717) is 19.4 Å². The van der Waals surface area contributed by atoms with E-state index in [0.717, 1.165) is 135 Å². The fraction of sp³-hybridized carbons (Fsp3) is 0.593. The Kier molecular flexibility index (Phi) is 50.1. The number of hydrogen-bond acceptors (Lipinski definition) is 5. The van der Waals surface area contributed by atoms with Gasteiger partial charge >= 0.3 is 11.9 Å². The fourth-order valence-electron chi connectivity index (χ4n) is 6.40. The Hall–Kier alpha value is -3.96. The molecular formula is C59H94O5. The van der Waals surface area contributed by atoms with Gasteiger partial charge in [-0.05, 0) is 122 Å². The molecule has 0 aromatic carbocycles. The van der Waals surface area contributed by atoms with Crippen LogP contribution in [0.15, 0.2) is 134 Å². The van der Waals surface area contributed by atoms with Crippen LogP contribution in [0, 0.1) is 0 Å². The minimum absolute atomic E-state index is 0.0383. The topological polar surface area (TPSA) is 61.8 Å². The van der Waals surface area contributed by atoms with Crippen molar-refractivity contribution < 1.29 is 23.8 Å². The van der Waals surface area contributed by atoms with E-state index < -0.39 is 6.10 Å². The van der Waals surface area contributed by atoms with Crippen LogP contribution < -0.4 is 0 Å². The van der Waals surface area contributed by atoms with Gasteiger partial charge in [-0.2, -0.15) is 0 Å². The molecule has 1 unspecified atom stereocenters. The normalized spacial score (nSPS) is 13.4. The second-order valence-electron chi connectivity index (χ2n) is 16.3. The minimum Gasteiger partial charge on any atom is -0.462 e. The highest BCUT2D eigenvalue weighted by atomic mass is 16.6. The second-order valence-corrected chi connectivity index (χ2v) is 16.3. The van der Waals surface area contributed by atoms with Gasteiger partial charge in [0.05, 0.1) is 6.61 Å². The number of hydrogen-bond donors (Lipinski definition) is 0. The van der Waals surface area contributed by atoms with Crippen molar-refractivity contribution in [3.8, 4) is 0 Å². The maximum absolute atomic E-state index is 12.8. The standard InChI is InChI=1S/C59H94O5/c1-4-7-10-13-16-19-22-25-27-28-29-30-31-33-36-39-42-45-48-51-54-62-55-57(64-59(61)53-50-47-44-41-38-34-24-21-18-15-12-9-6-3)56-63-58(60)52-49-46-43-40-37-35-32-26-23-20-17-14-11-8-5-2/h7-8,10-12,15-17,19-21,24-27,29-30,32-33,36,42,45,57H,4-6,9,13-14,18,22-23,28,31,34-35,37-41,43-44,46-56H2,1-3H3/b10-7-,11-8-,15-12-,19-16-,20-17-,24-21-,27-25-,30-29-,32-26-,36-33-,45-42-. The SMILES string of the molecule is CC/C=C\C/C=C\C/C=C\C/C=C\C/C=C\C/C=C\CCCOCC(COC(=O)CCCCCCC/C=C\C/C=C\C/C=C\CC)OC(=O)CCCCCCC/C=C\C/C=C\CCC. The predicted molar refractivity (Wildman–Crippen MR) is 278 cm³/mol. The van der Waals surface area contributed by atoms with Crippen LogP contribution in [-0.4, -0.2) is 37.9 Å². The van der Waals surface area contributed by atoms with Crippen LogP contribution in [0.25, 0.3) is 0 Å². The third-order valence-corrected chi connectivity index (χ3v) is 10.1. The van der Waals surface area contributed by atoms with Gasteiger partial charge in [0.2, 0.25) is 0 Å². The summed E-state index contributed by atoms with van der Waals surface area (Å²) >= 11 is 0. The number of rotatable bonds is 45. The van der Waals surface area contributed by atoms with Crippen LogP contribution in [0.4, 0.5) is 0 Å². The number of esters is 2. The van der Waals surface area contributed by atoms with Crippen LogP contribution >= 0.6 is 0 Å². The van der Waals surface area contributed by atoms with E-state index in [1.54, 1.807) is 0 Å². The summed E-state index contributed by atoms with van der Waals surface area (Å²) in [6, 6.07) is 0. The molecular weight excluding hydrogens is 789 g/mol. The third-order valence-electron chi connectivity index (χ3n) is 10.1. The molecule has 0 radical (unpaired) electrons. The molecule has 0 saturated heterocycles. The monoisotopic (exact) mass is 883 g/mol. The van der Waals surface area contributed by atoms with Crippen molar-refractivity contribution in [2.45, 2.75) is 207 Å². The van der Waals surface area contributed by atoms with Gasteiger partial charge in [0.15, 0.2) is 6.10 Å². The Balaban J connectivity index is 4.44. The first-order valence-electron chi connectivity index (χ1n) is 25.7. The molecule has 0 bridgehead atoms. The van der Waals surface area contributed by atoms with Crippen molar-refractivity contribution in [1.82, 2.24) is 0 Å². The summed E-state index contributed by atoms with van der Waals surface area (Å²) in [5.74, 6) is -0.476. The Morgan fingerprint density at radius 2 is 0.703 bits per heavy atom. The average molecular weight is 883 g/mol. The van der Waals surface area contributed by atoms with Crippen LogP contribution in [-0.2, 0) is 23.8 Å². The van der Waals surface area contributed by atoms with Gasteiger partial charge in [0.1, 0.15) is 6.61 Å². The summed E-state index contributed by atoms with van der Waals surface area (Å²) in [5, 5.41) is 0. The third kappa shape index (κ3) is 50.7. The first-order valence-corrected chi connectivity index (χ1v) is 25.7. The summed E-state index contributed by atoms with van der Waals surface area (Å²) in [7, 11) is 0. The highest BCUT2D eigenvalue weighted by molar-refractivity contribution is 5.70. The van der Waals surface area contributed by atoms with Gasteiger partial charge in [0, 0.05) is 19.4 Å². The molecule has 5 nitrogen and oxygen atoms in total. The second kappa shape index (κ2) is 53.4. The fourth-order valence-corrected chi connectivity index (χ4v) is 6.40. The van der Waals surface area contributed by atoms with Gasteiger partial charge in [-0.25, -0.2) is 0 Å². The van der Waals surface area contributed by atoms with Gasteiger partial charge in [-0.15, -0.1) is 0 Å². The summed E-state index contributed by atoms with van der Waals surface area (Å²) in [6.07, 6.45) is 76.1. The molecule has 64 heavy (non-hydrogen) atoms. The average Bonchev–Trinajstić information content (AvgIpc) is 3.30. The maximum atomic E-state index is 12.8. The Morgan fingerprint density at radius 1 is 0.359 bits per heavy atom. The first-order chi connectivity index (χ1) is 31.6. The van der Waals surface area contributed by atoms with Crippen molar-refractivity contribution in [3.63, 3.8) is 0 Å². The summed E-state index contributed by atoms with van der Waals surface area (Å²) < 4.78 is 17.3. The Labute approximate surface area is 394 Å². The van der Waals surface area contributed by atoms with E-state index in [9.17, 15) is 9.59 Å². The summed E-state index contributed by atoms with van der Waals surface area (Å²) in [4.78, 5) is 25.4. The highest BCUT2D eigenvalue weighted by Gasteiger charge is 2.17. The van der Waals surface area contributed by atoms with Crippen LogP contribution in [0.2, 0.25) is 0 Å². The van der Waals surface area contributed by atoms with E-state index >= 15 is 0 Å². The summed E-state index contributed by atoms with van der Waals surface area (Å²) in [5.41, 5.74) is 0. The lowest BCUT2D eigenvalue weighted by Gasteiger charge is -2.18. The van der Waals surface area contributed by atoms with E-state index in [-0.39, 0.29) is 25.2 Å². The molecule has 5 heteroatoms. The number of carbonyl (C=O) groups excluding carboxylic acids is 2. The molecule has 0 fully saturated rings. The molecule has 0 aliphatic heterocycles. The Bertz CT molecular complexity index is 1370. The van der Waals surface area contributed by atoms with Crippen molar-refractivity contribution in [2.24, 2.45) is 0 Å². The maximum Gasteiger partial charge on any atom is 0.306 e. The van der Waals surface area contributed by atoms with Crippen molar-refractivity contribution in [2.75, 3.05) is 19.8 Å². The van der Waals surface area contributed by atoms with Gasteiger partial charge in [-0.1, -0.05) is 199 Å². The molecule has 0 rings (SSSR count). The van der Waals surface area contributed by atoms with Crippen molar-refractivity contribution >= 4 is 11.9 Å². The predicted octanol–water partition coefficient (Wildman–Crippen LogP) is 17.6. The van der Waals surface area contributed by atoms with E-state index in [2.05, 4.69) is 154 Å². The van der Waals surface area contributed by atoms with E-state index in [1.807, 2.05) is 0 Å². The number of unbranched alkanes of at least 4 members (excludes halogenated alkanes) is 12. The molecule has 0 amide bonds. The molecule has 0 spiro atoms. The molecule has 0 aliphatic carbocycles. The van der Waals surface area contributed by atoms with Crippen LogP contribution in [0.1, 0.15) is 201 Å². The zero-order valence-electron chi connectivity index (χ0n) is 41.2. The van der Waals surface area contributed by atoms with Gasteiger partial charge in [0.25, 0.3) is 0 Å². The smallest absolute Gasteiger partial charge is 0.306 e. The van der Waals surface area contributed by atoms with Gasteiger partial charge in [-0.3, -0.25) is 9.59 Å².